The second-order valence-corrected chi connectivity index (χ2v) is 5.13. The molecule has 0 fully saturated rings. The Kier molecular flexibility index (Phi) is 4.99. The molecule has 1 N–H and O–H groups in total. The number of esters is 1. The summed E-state index contributed by atoms with van der Waals surface area (Å²) in [5, 5.41) is 13.2. The van der Waals surface area contributed by atoms with Crippen LogP contribution in [0.3, 0.4) is 0 Å². The summed E-state index contributed by atoms with van der Waals surface area (Å²) >= 11 is 0. The Bertz CT molecular complexity index is 702. The molecule has 0 bridgehead atoms. The molecule has 1 unspecified atom stereocenters. The fraction of sp³-hybridized carbons (Fsp3) is 0.357. The van der Waals surface area contributed by atoms with E-state index in [9.17, 15) is 14.0 Å². The Morgan fingerprint density at radius 2 is 2.09 bits per heavy atom. The predicted octanol–water partition coefficient (Wildman–Crippen LogP) is 0.729. The van der Waals surface area contributed by atoms with Gasteiger partial charge in [-0.15, -0.1) is 5.10 Å². The van der Waals surface area contributed by atoms with Crippen LogP contribution in [0, 0.1) is 11.7 Å². The van der Waals surface area contributed by atoms with Crippen LogP contribution in [0.2, 0.25) is 0 Å². The summed E-state index contributed by atoms with van der Waals surface area (Å²) in [5.74, 6) is -1.83. The van der Waals surface area contributed by atoms with E-state index in [1.165, 1.54) is 24.2 Å². The highest BCUT2D eigenvalue weighted by atomic mass is 19.1. The molecule has 0 saturated carbocycles. The number of hydrogen-bond donors (Lipinski definition) is 1. The van der Waals surface area contributed by atoms with E-state index in [0.717, 1.165) is 12.1 Å². The van der Waals surface area contributed by atoms with Gasteiger partial charge in [0.2, 0.25) is 0 Å². The summed E-state index contributed by atoms with van der Waals surface area (Å²) in [7, 11) is 1.24. The van der Waals surface area contributed by atoms with Crippen LogP contribution >= 0.6 is 0 Å². The van der Waals surface area contributed by atoms with E-state index in [-0.39, 0.29) is 17.2 Å². The second kappa shape index (κ2) is 6.95. The highest BCUT2D eigenvalue weighted by Crippen LogP contribution is 2.16. The number of tetrazole rings is 1. The first-order valence-corrected chi connectivity index (χ1v) is 6.85. The standard InChI is InChI=1S/C14H16FN5O3/c1-8(2)12(14(22)23-3)17-13(21)10-5-4-9(15)6-11(10)20-7-16-18-19-20/h4-8,12H,1-3H3,(H,17,21). The molecule has 0 spiro atoms. The fourth-order valence-electron chi connectivity index (χ4n) is 2.00. The van der Waals surface area contributed by atoms with Gasteiger partial charge in [-0.3, -0.25) is 4.79 Å². The van der Waals surface area contributed by atoms with E-state index >= 15 is 0 Å². The van der Waals surface area contributed by atoms with Crippen LogP contribution in [-0.4, -0.2) is 45.2 Å². The van der Waals surface area contributed by atoms with Crippen molar-refractivity contribution in [3.8, 4) is 5.69 Å². The van der Waals surface area contributed by atoms with Gasteiger partial charge in [0.15, 0.2) is 0 Å². The Hall–Kier alpha value is -2.84. The number of hydrogen-bond acceptors (Lipinski definition) is 6. The summed E-state index contributed by atoms with van der Waals surface area (Å²) in [4.78, 5) is 24.2. The monoisotopic (exact) mass is 321 g/mol. The van der Waals surface area contributed by atoms with Gasteiger partial charge in [0, 0.05) is 6.07 Å². The van der Waals surface area contributed by atoms with Gasteiger partial charge in [0.25, 0.3) is 5.91 Å². The molecule has 1 amide bonds. The van der Waals surface area contributed by atoms with Gasteiger partial charge in [-0.1, -0.05) is 13.8 Å². The van der Waals surface area contributed by atoms with Crippen molar-refractivity contribution in [1.29, 1.82) is 0 Å². The van der Waals surface area contributed by atoms with Crippen LogP contribution in [0.15, 0.2) is 24.5 Å². The molecule has 1 heterocycles. The summed E-state index contributed by atoms with van der Waals surface area (Å²) < 4.78 is 19.3. The maximum absolute atomic E-state index is 13.5. The number of methoxy groups -OCH3 is 1. The molecule has 0 radical (unpaired) electrons. The van der Waals surface area contributed by atoms with Crippen molar-refractivity contribution in [2.45, 2.75) is 19.9 Å². The Morgan fingerprint density at radius 1 is 1.35 bits per heavy atom. The molecule has 23 heavy (non-hydrogen) atoms. The number of carbonyl (C=O) groups is 2. The van der Waals surface area contributed by atoms with Gasteiger partial charge in [0.05, 0.1) is 18.4 Å². The summed E-state index contributed by atoms with van der Waals surface area (Å²) in [6, 6.07) is 2.76. The molecular weight excluding hydrogens is 305 g/mol. The number of nitrogens with zero attached hydrogens (tertiary/aromatic N) is 4. The molecule has 0 aliphatic rings. The van der Waals surface area contributed by atoms with Crippen molar-refractivity contribution in [2.24, 2.45) is 5.92 Å². The van der Waals surface area contributed by atoms with Gasteiger partial charge < -0.3 is 10.1 Å². The molecule has 1 aromatic carbocycles. The molecule has 1 atom stereocenters. The first kappa shape index (κ1) is 16.5. The number of aromatic nitrogens is 4. The lowest BCUT2D eigenvalue weighted by Gasteiger charge is -2.20. The van der Waals surface area contributed by atoms with E-state index in [0.29, 0.717) is 0 Å². The van der Waals surface area contributed by atoms with Crippen molar-refractivity contribution in [2.75, 3.05) is 7.11 Å². The third-order valence-corrected chi connectivity index (χ3v) is 3.21. The van der Waals surface area contributed by atoms with Gasteiger partial charge in [0.1, 0.15) is 18.2 Å². The lowest BCUT2D eigenvalue weighted by molar-refractivity contribution is -0.144. The van der Waals surface area contributed by atoms with Crippen molar-refractivity contribution in [1.82, 2.24) is 25.5 Å². The number of amides is 1. The SMILES string of the molecule is COC(=O)C(NC(=O)c1ccc(F)cc1-n1cnnn1)C(C)C. The fourth-order valence-corrected chi connectivity index (χ4v) is 2.00. The van der Waals surface area contributed by atoms with E-state index in [1.807, 2.05) is 0 Å². The zero-order valence-corrected chi connectivity index (χ0v) is 12.9. The average molecular weight is 321 g/mol. The number of rotatable bonds is 5. The van der Waals surface area contributed by atoms with Crippen molar-refractivity contribution in [3.05, 3.63) is 35.9 Å². The molecule has 0 aliphatic heterocycles. The zero-order valence-electron chi connectivity index (χ0n) is 12.9. The quantitative estimate of drug-likeness (QED) is 0.815. The van der Waals surface area contributed by atoms with E-state index < -0.39 is 23.7 Å². The number of carbonyl (C=O) groups excluding carboxylic acids is 2. The van der Waals surface area contributed by atoms with E-state index in [1.54, 1.807) is 13.8 Å². The van der Waals surface area contributed by atoms with E-state index in [2.05, 4.69) is 25.6 Å². The summed E-state index contributed by atoms with van der Waals surface area (Å²) in [6.07, 6.45) is 1.24. The summed E-state index contributed by atoms with van der Waals surface area (Å²) in [6.45, 7) is 3.55. The van der Waals surface area contributed by atoms with Crippen LogP contribution in [-0.2, 0) is 9.53 Å². The van der Waals surface area contributed by atoms with Crippen LogP contribution in [0.4, 0.5) is 4.39 Å². The highest BCUT2D eigenvalue weighted by molar-refractivity contribution is 5.99. The zero-order chi connectivity index (χ0) is 17.0. The number of nitrogens with one attached hydrogen (secondary N) is 1. The maximum Gasteiger partial charge on any atom is 0.328 e. The topological polar surface area (TPSA) is 99.0 Å². The molecule has 2 aromatic rings. The molecule has 0 aliphatic carbocycles. The molecule has 2 rings (SSSR count). The highest BCUT2D eigenvalue weighted by Gasteiger charge is 2.26. The van der Waals surface area contributed by atoms with Crippen molar-refractivity contribution >= 4 is 11.9 Å². The van der Waals surface area contributed by atoms with Gasteiger partial charge >= 0.3 is 5.97 Å². The lowest BCUT2D eigenvalue weighted by Crippen LogP contribution is -2.45. The maximum atomic E-state index is 13.5. The Balaban J connectivity index is 2.34. The van der Waals surface area contributed by atoms with E-state index in [4.69, 9.17) is 0 Å². The molecular formula is C14H16FN5O3. The number of benzene rings is 1. The minimum atomic E-state index is -0.820. The number of halogens is 1. The minimum Gasteiger partial charge on any atom is -0.467 e. The van der Waals surface area contributed by atoms with Crippen LogP contribution in [0.1, 0.15) is 24.2 Å². The Labute approximate surface area is 131 Å². The third-order valence-electron chi connectivity index (χ3n) is 3.21. The lowest BCUT2D eigenvalue weighted by atomic mass is 10.0. The minimum absolute atomic E-state index is 0.133. The predicted molar refractivity (Wildman–Crippen MR) is 77.2 cm³/mol. The van der Waals surface area contributed by atoms with Crippen LogP contribution in [0.25, 0.3) is 5.69 Å². The molecule has 1 aromatic heterocycles. The van der Waals surface area contributed by atoms with Crippen LogP contribution < -0.4 is 5.32 Å². The van der Waals surface area contributed by atoms with Crippen LogP contribution in [0.5, 0.6) is 0 Å². The average Bonchev–Trinajstić information content (AvgIpc) is 3.05. The van der Waals surface area contributed by atoms with Gasteiger partial charge in [-0.25, -0.2) is 9.18 Å². The first-order valence-electron chi connectivity index (χ1n) is 6.85. The summed E-state index contributed by atoms with van der Waals surface area (Å²) in [5.41, 5.74) is 0.299. The molecule has 9 heteroatoms. The molecule has 122 valence electrons. The van der Waals surface area contributed by atoms with Crippen molar-refractivity contribution in [3.63, 3.8) is 0 Å². The second-order valence-electron chi connectivity index (χ2n) is 5.13. The molecule has 8 nitrogen and oxygen atoms in total. The van der Waals surface area contributed by atoms with Gasteiger partial charge in [-0.2, -0.15) is 4.68 Å². The molecule has 0 saturated heterocycles. The number of ether oxygens (including phenoxy) is 1. The smallest absolute Gasteiger partial charge is 0.328 e. The normalized spacial score (nSPS) is 12.0. The first-order chi connectivity index (χ1) is 10.9. The third kappa shape index (κ3) is 3.68. The van der Waals surface area contributed by atoms with Gasteiger partial charge in [-0.05, 0) is 28.5 Å². The Morgan fingerprint density at radius 3 is 2.65 bits per heavy atom. The largest absolute Gasteiger partial charge is 0.467 e. The van der Waals surface area contributed by atoms with Crippen molar-refractivity contribution < 1.29 is 18.7 Å².